The van der Waals surface area contributed by atoms with Crippen molar-refractivity contribution in [2.45, 2.75) is 36.6 Å². The van der Waals surface area contributed by atoms with Crippen molar-refractivity contribution in [3.63, 3.8) is 0 Å². The molecule has 3 atom stereocenters. The Hall–Kier alpha value is -4.35. The number of carbonyl (C=O) groups is 3. The van der Waals surface area contributed by atoms with Crippen molar-refractivity contribution in [2.75, 3.05) is 18.6 Å². The lowest BCUT2D eigenvalue weighted by Crippen LogP contribution is -2.32. The van der Waals surface area contributed by atoms with Crippen molar-refractivity contribution in [3.8, 4) is 11.5 Å². The van der Waals surface area contributed by atoms with Crippen LogP contribution in [-0.2, 0) is 20.9 Å². The van der Waals surface area contributed by atoms with Gasteiger partial charge in [-0.05, 0) is 66.9 Å². The molecule has 220 valence electrons. The summed E-state index contributed by atoms with van der Waals surface area (Å²) in [7, 11) is 1.55. The predicted molar refractivity (Wildman–Crippen MR) is 163 cm³/mol. The maximum Gasteiger partial charge on any atom is 0.338 e. The summed E-state index contributed by atoms with van der Waals surface area (Å²) in [5.41, 5.74) is 3.58. The molecule has 4 aromatic rings. The Morgan fingerprint density at radius 3 is 2.47 bits per heavy atom. The topological polar surface area (TPSA) is 115 Å². The molecule has 6 rings (SSSR count). The molecule has 1 aromatic heterocycles. The summed E-state index contributed by atoms with van der Waals surface area (Å²) in [5, 5.41) is -0.163. The van der Waals surface area contributed by atoms with Crippen molar-refractivity contribution in [2.24, 2.45) is 5.92 Å². The number of thiazole rings is 1. The molecule has 2 aliphatic heterocycles. The SMILES string of the molecule is CCOC(=O)c1ccc(N2C(=O)[C@H]3[C@H](c4ccc(OCc5ccccc5C)c(OC)c4)c4sc(=O)[nH]c4S[C@H]3C2=O)cc1. The molecule has 43 heavy (non-hydrogen) atoms. The number of fused-ring (bicyclic) bond motifs is 2. The van der Waals surface area contributed by atoms with Crippen molar-refractivity contribution < 1.29 is 28.6 Å². The molecule has 0 bridgehead atoms. The zero-order chi connectivity index (χ0) is 30.2. The number of aromatic nitrogens is 1. The van der Waals surface area contributed by atoms with Crippen LogP contribution in [-0.4, -0.2) is 41.7 Å². The van der Waals surface area contributed by atoms with E-state index in [1.54, 1.807) is 32.2 Å². The van der Waals surface area contributed by atoms with E-state index >= 15 is 0 Å². The van der Waals surface area contributed by atoms with Crippen LogP contribution < -0.4 is 19.2 Å². The Labute approximate surface area is 255 Å². The van der Waals surface area contributed by atoms with Crippen LogP contribution in [0.5, 0.6) is 11.5 Å². The third-order valence-corrected chi connectivity index (χ3v) is 10.1. The average molecular weight is 617 g/mol. The van der Waals surface area contributed by atoms with E-state index in [1.807, 2.05) is 43.3 Å². The molecule has 0 aliphatic carbocycles. The fourth-order valence-corrected chi connectivity index (χ4v) is 8.03. The molecule has 0 radical (unpaired) electrons. The van der Waals surface area contributed by atoms with Crippen LogP contribution in [0.1, 0.15) is 44.8 Å². The van der Waals surface area contributed by atoms with E-state index in [-0.39, 0.29) is 23.3 Å². The number of nitrogens with one attached hydrogen (secondary N) is 1. The average Bonchev–Trinajstić information content (AvgIpc) is 3.50. The number of carbonyl (C=O) groups excluding carboxylic acids is 3. The number of imide groups is 1. The summed E-state index contributed by atoms with van der Waals surface area (Å²) in [6.45, 7) is 4.34. The maximum atomic E-state index is 14.0. The third-order valence-electron chi connectivity index (χ3n) is 7.65. The van der Waals surface area contributed by atoms with Gasteiger partial charge in [-0.15, -0.1) is 0 Å². The zero-order valence-electron chi connectivity index (χ0n) is 23.6. The van der Waals surface area contributed by atoms with Crippen LogP contribution in [0.2, 0.25) is 0 Å². The number of amides is 2. The lowest BCUT2D eigenvalue weighted by atomic mass is 9.83. The Morgan fingerprint density at radius 1 is 0.977 bits per heavy atom. The minimum atomic E-state index is -0.760. The fourth-order valence-electron chi connectivity index (χ4n) is 5.52. The number of esters is 1. The summed E-state index contributed by atoms with van der Waals surface area (Å²) < 4.78 is 16.8. The first-order valence-corrected chi connectivity index (χ1v) is 15.4. The van der Waals surface area contributed by atoms with E-state index in [1.165, 1.54) is 28.8 Å². The van der Waals surface area contributed by atoms with E-state index in [0.717, 1.165) is 28.0 Å². The summed E-state index contributed by atoms with van der Waals surface area (Å²) in [6, 6.07) is 19.6. The number of aryl methyl sites for hydroxylation is 1. The second-order valence-corrected chi connectivity index (χ2v) is 12.3. The number of methoxy groups -OCH3 is 1. The smallest absolute Gasteiger partial charge is 0.338 e. The normalized spacial score (nSPS) is 19.1. The molecule has 3 aromatic carbocycles. The van der Waals surface area contributed by atoms with E-state index in [9.17, 15) is 19.2 Å². The first kappa shape index (κ1) is 28.8. The lowest BCUT2D eigenvalue weighted by molar-refractivity contribution is -0.122. The number of hydrogen-bond acceptors (Lipinski definition) is 9. The van der Waals surface area contributed by atoms with Gasteiger partial charge in [0.2, 0.25) is 11.8 Å². The summed E-state index contributed by atoms with van der Waals surface area (Å²) >= 11 is 2.25. The lowest BCUT2D eigenvalue weighted by Gasteiger charge is -2.30. The predicted octanol–water partition coefficient (Wildman–Crippen LogP) is 5.30. The minimum Gasteiger partial charge on any atom is -0.493 e. The number of hydrogen-bond donors (Lipinski definition) is 1. The van der Waals surface area contributed by atoms with Gasteiger partial charge in [-0.25, -0.2) is 9.69 Å². The van der Waals surface area contributed by atoms with Crippen LogP contribution in [0.25, 0.3) is 0 Å². The van der Waals surface area contributed by atoms with Crippen LogP contribution >= 0.6 is 23.1 Å². The molecule has 0 saturated carbocycles. The molecule has 3 heterocycles. The monoisotopic (exact) mass is 616 g/mol. The standard InChI is InChI=1S/C32H28N2O7S2/c1-4-40-31(37)18-9-12-21(13-10-18)34-29(35)25-24(26-28(33-32(38)43-26)42-27(25)30(34)36)19-11-14-22(23(15-19)39-3)41-16-20-8-6-5-7-17(20)2/h5-15,24-25,27H,4,16H2,1-3H3,(H,33,38)/t24-,25-,27+/m0/s1. The number of H-pyrrole nitrogens is 1. The van der Waals surface area contributed by atoms with Crippen LogP contribution in [0.4, 0.5) is 5.69 Å². The van der Waals surface area contributed by atoms with Gasteiger partial charge in [-0.1, -0.05) is 53.4 Å². The maximum absolute atomic E-state index is 14.0. The molecular weight excluding hydrogens is 588 g/mol. The highest BCUT2D eigenvalue weighted by atomic mass is 32.2. The highest BCUT2D eigenvalue weighted by Gasteiger charge is 2.56. The molecule has 1 fully saturated rings. The Morgan fingerprint density at radius 2 is 1.74 bits per heavy atom. The van der Waals surface area contributed by atoms with Gasteiger partial charge >= 0.3 is 10.8 Å². The van der Waals surface area contributed by atoms with Gasteiger partial charge in [0.15, 0.2) is 11.5 Å². The molecule has 9 nitrogen and oxygen atoms in total. The zero-order valence-corrected chi connectivity index (χ0v) is 25.3. The number of anilines is 1. The highest BCUT2D eigenvalue weighted by molar-refractivity contribution is 8.00. The minimum absolute atomic E-state index is 0.239. The largest absolute Gasteiger partial charge is 0.493 e. The number of thioether (sulfide) groups is 1. The van der Waals surface area contributed by atoms with E-state index in [4.69, 9.17) is 14.2 Å². The Kier molecular flexibility index (Phi) is 7.85. The van der Waals surface area contributed by atoms with Crippen LogP contribution in [0, 0.1) is 12.8 Å². The van der Waals surface area contributed by atoms with Gasteiger partial charge in [0.1, 0.15) is 11.9 Å². The molecule has 11 heteroatoms. The first-order valence-electron chi connectivity index (χ1n) is 13.7. The van der Waals surface area contributed by atoms with Gasteiger partial charge in [-0.2, -0.15) is 0 Å². The van der Waals surface area contributed by atoms with Crippen molar-refractivity contribution >= 4 is 46.6 Å². The Bertz CT molecular complexity index is 1780. The van der Waals surface area contributed by atoms with Gasteiger partial charge in [0, 0.05) is 10.8 Å². The first-order chi connectivity index (χ1) is 20.8. The number of aromatic amines is 1. The summed E-state index contributed by atoms with van der Waals surface area (Å²) in [5.74, 6) is -1.54. The molecule has 1 saturated heterocycles. The van der Waals surface area contributed by atoms with E-state index in [0.29, 0.717) is 39.3 Å². The fraction of sp³-hybridized carbons (Fsp3) is 0.250. The Balaban J connectivity index is 1.34. The van der Waals surface area contributed by atoms with Crippen molar-refractivity contribution in [1.29, 1.82) is 0 Å². The second-order valence-electron chi connectivity index (χ2n) is 10.2. The van der Waals surface area contributed by atoms with Crippen LogP contribution in [0.3, 0.4) is 0 Å². The second kappa shape index (κ2) is 11.7. The molecule has 2 amide bonds. The third kappa shape index (κ3) is 5.23. The van der Waals surface area contributed by atoms with Crippen molar-refractivity contribution in [1.82, 2.24) is 4.98 Å². The molecule has 0 spiro atoms. The number of rotatable bonds is 8. The van der Waals surface area contributed by atoms with Gasteiger partial charge < -0.3 is 19.2 Å². The van der Waals surface area contributed by atoms with Crippen LogP contribution in [0.15, 0.2) is 76.6 Å². The number of nitrogens with zero attached hydrogens (tertiary/aromatic N) is 1. The molecular formula is C32H28N2O7S2. The highest BCUT2D eigenvalue weighted by Crippen LogP contribution is 2.53. The summed E-state index contributed by atoms with van der Waals surface area (Å²) in [4.78, 5) is 56.8. The quantitative estimate of drug-likeness (QED) is 0.209. The summed E-state index contributed by atoms with van der Waals surface area (Å²) in [6.07, 6.45) is 0. The van der Waals surface area contributed by atoms with Gasteiger partial charge in [0.25, 0.3) is 0 Å². The van der Waals surface area contributed by atoms with Crippen molar-refractivity contribution in [3.05, 3.63) is 104 Å². The molecule has 1 N–H and O–H groups in total. The van der Waals surface area contributed by atoms with E-state index < -0.39 is 23.1 Å². The van der Waals surface area contributed by atoms with Gasteiger partial charge in [-0.3, -0.25) is 14.4 Å². The van der Waals surface area contributed by atoms with Gasteiger partial charge in [0.05, 0.1) is 35.9 Å². The molecule has 2 aliphatic rings. The number of ether oxygens (including phenoxy) is 3. The molecule has 0 unspecified atom stereocenters. The van der Waals surface area contributed by atoms with E-state index in [2.05, 4.69) is 4.98 Å². The number of benzene rings is 3.